The van der Waals surface area contributed by atoms with Gasteiger partial charge in [-0.3, -0.25) is 15.1 Å². The summed E-state index contributed by atoms with van der Waals surface area (Å²) in [4.78, 5) is 44.0. The highest BCUT2D eigenvalue weighted by Gasteiger charge is 2.20. The third-order valence-electron chi connectivity index (χ3n) is 5.33. The quantitative estimate of drug-likeness (QED) is 0.219. The largest absolute Gasteiger partial charge is 0.497 e. The molecule has 0 bridgehead atoms. The van der Waals surface area contributed by atoms with Crippen LogP contribution in [-0.4, -0.2) is 67.0 Å². The highest BCUT2D eigenvalue weighted by Crippen LogP contribution is 2.24. The van der Waals surface area contributed by atoms with Gasteiger partial charge in [0, 0.05) is 19.3 Å². The molecular weight excluding hydrogens is 564 g/mol. The number of carbonyl (C=O) groups is 2. The van der Waals surface area contributed by atoms with Crippen LogP contribution in [0.3, 0.4) is 0 Å². The third-order valence-corrected chi connectivity index (χ3v) is 8.21. The number of hydrogen-bond donors (Lipinski definition) is 3. The minimum Gasteiger partial charge on any atom is -0.497 e. The molecule has 210 valence electrons. The lowest BCUT2D eigenvalue weighted by molar-refractivity contribution is -0.135. The maximum Gasteiger partial charge on any atom is 0.413 e. The van der Waals surface area contributed by atoms with E-state index in [1.54, 1.807) is 48.5 Å². The van der Waals surface area contributed by atoms with E-state index in [0.29, 0.717) is 21.5 Å². The molecule has 0 spiro atoms. The zero-order valence-corrected chi connectivity index (χ0v) is 22.6. The molecule has 0 saturated heterocycles. The number of thiazole rings is 1. The normalized spacial score (nSPS) is 11.2. The van der Waals surface area contributed by atoms with Crippen molar-refractivity contribution in [3.8, 4) is 5.75 Å². The second-order valence-corrected chi connectivity index (χ2v) is 11.1. The Morgan fingerprint density at radius 1 is 1.10 bits per heavy atom. The number of ether oxygens (including phenoxy) is 2. The van der Waals surface area contributed by atoms with Gasteiger partial charge >= 0.3 is 17.8 Å². The van der Waals surface area contributed by atoms with Crippen LogP contribution in [0.5, 0.6) is 5.75 Å². The molecule has 0 aliphatic carbocycles. The average Bonchev–Trinajstić information content (AvgIpc) is 3.37. The van der Waals surface area contributed by atoms with Gasteiger partial charge in [-0.2, -0.15) is 4.98 Å². The lowest BCUT2D eigenvalue weighted by Gasteiger charge is -2.24. The molecule has 4 aromatic rings. The fourth-order valence-electron chi connectivity index (χ4n) is 3.45. The monoisotopic (exact) mass is 588 g/mol. The number of anilines is 1. The number of carbonyl (C=O) groups excluding carboxylic acids is 1. The van der Waals surface area contributed by atoms with E-state index < -0.39 is 34.3 Å². The molecule has 16 heteroatoms. The summed E-state index contributed by atoms with van der Waals surface area (Å²) in [6.45, 7) is -1.07. The Morgan fingerprint density at radius 2 is 1.85 bits per heavy atom. The lowest BCUT2D eigenvalue weighted by atomic mass is 10.2. The Hall–Kier alpha value is -4.54. The molecule has 0 aliphatic rings. The van der Waals surface area contributed by atoms with Gasteiger partial charge in [0.2, 0.25) is 4.34 Å². The first-order valence-corrected chi connectivity index (χ1v) is 13.9. The molecule has 0 aliphatic heterocycles. The molecule has 40 heavy (non-hydrogen) atoms. The van der Waals surface area contributed by atoms with E-state index in [9.17, 15) is 27.9 Å². The number of benzene rings is 2. The van der Waals surface area contributed by atoms with Crippen molar-refractivity contribution in [2.75, 3.05) is 37.1 Å². The van der Waals surface area contributed by atoms with Gasteiger partial charge in [0.05, 0.1) is 17.3 Å². The molecule has 0 saturated carbocycles. The van der Waals surface area contributed by atoms with Gasteiger partial charge in [-0.1, -0.05) is 24.3 Å². The first kappa shape index (κ1) is 28.5. The smallest absolute Gasteiger partial charge is 0.413 e. The van der Waals surface area contributed by atoms with Crippen molar-refractivity contribution in [1.82, 2.24) is 19.4 Å². The molecule has 2 heterocycles. The second-order valence-electron chi connectivity index (χ2n) is 8.12. The summed E-state index contributed by atoms with van der Waals surface area (Å²) in [5.41, 5.74) is 0.349. The number of carboxylic acid groups (broad SMARTS) is 1. The number of nitrogens with one attached hydrogen (secondary N) is 2. The van der Waals surface area contributed by atoms with Gasteiger partial charge in [-0.05, 0) is 35.9 Å². The number of amides is 1. The van der Waals surface area contributed by atoms with Gasteiger partial charge in [-0.25, -0.2) is 32.4 Å². The number of aromatic nitrogens is 3. The maximum atomic E-state index is 12.7. The van der Waals surface area contributed by atoms with Gasteiger partial charge in [0.25, 0.3) is 10.0 Å². The number of fused-ring (bicyclic) bond motifs is 1. The summed E-state index contributed by atoms with van der Waals surface area (Å²) in [6, 6.07) is 15.1. The Bertz CT molecular complexity index is 1640. The molecule has 2 aromatic carbocycles. The van der Waals surface area contributed by atoms with E-state index in [-0.39, 0.29) is 29.9 Å². The molecule has 1 amide bonds. The number of aliphatic carboxylic acids is 1. The number of carboxylic acids is 1. The summed E-state index contributed by atoms with van der Waals surface area (Å²) < 4.78 is 39.4. The molecular formula is C24H24N6O8S2. The van der Waals surface area contributed by atoms with Crippen LogP contribution < -0.4 is 25.5 Å². The topological polar surface area (TPSA) is 182 Å². The SMILES string of the molecule is COc1ccc(COC(=O)Nc2ccn(N(CCNS(=O)(=O)c3nc4ccccc4s3)CC(=O)O)c(=O)n2)cc1. The molecule has 0 unspecified atom stereocenters. The van der Waals surface area contributed by atoms with Crippen molar-refractivity contribution in [2.24, 2.45) is 0 Å². The molecule has 4 rings (SSSR count). The molecule has 3 N–H and O–H groups in total. The Morgan fingerprint density at radius 3 is 2.52 bits per heavy atom. The molecule has 0 atom stereocenters. The number of sulfonamides is 1. The fourth-order valence-corrected chi connectivity index (χ4v) is 5.73. The first-order valence-electron chi connectivity index (χ1n) is 11.6. The summed E-state index contributed by atoms with van der Waals surface area (Å²) in [7, 11) is -2.44. The van der Waals surface area contributed by atoms with Crippen molar-refractivity contribution in [3.05, 3.63) is 76.8 Å². The Balaban J connectivity index is 1.37. The van der Waals surface area contributed by atoms with Crippen molar-refractivity contribution in [3.63, 3.8) is 0 Å². The van der Waals surface area contributed by atoms with E-state index in [4.69, 9.17) is 9.47 Å². The van der Waals surface area contributed by atoms with Crippen molar-refractivity contribution in [2.45, 2.75) is 10.9 Å². The second kappa shape index (κ2) is 12.5. The minimum atomic E-state index is -3.98. The number of hydrogen-bond acceptors (Lipinski definition) is 11. The lowest BCUT2D eigenvalue weighted by Crippen LogP contribution is -2.49. The van der Waals surface area contributed by atoms with Gasteiger partial charge < -0.3 is 14.6 Å². The number of rotatable bonds is 12. The predicted molar refractivity (Wildman–Crippen MR) is 146 cm³/mol. The average molecular weight is 589 g/mol. The summed E-state index contributed by atoms with van der Waals surface area (Å²) in [5.74, 6) is -0.724. The molecule has 0 fully saturated rings. The van der Waals surface area contributed by atoms with Crippen LogP contribution >= 0.6 is 11.3 Å². The zero-order valence-electron chi connectivity index (χ0n) is 21.0. The predicted octanol–water partition coefficient (Wildman–Crippen LogP) is 1.61. The van der Waals surface area contributed by atoms with E-state index in [1.165, 1.54) is 19.4 Å². The number of methoxy groups -OCH3 is 1. The van der Waals surface area contributed by atoms with Gasteiger partial charge in [-0.15, -0.1) is 11.3 Å². The summed E-state index contributed by atoms with van der Waals surface area (Å²) in [5, 5.41) is 12.7. The molecule has 2 aromatic heterocycles. The van der Waals surface area contributed by atoms with Gasteiger partial charge in [0.15, 0.2) is 0 Å². The van der Waals surface area contributed by atoms with Crippen LogP contribution in [0, 0.1) is 0 Å². The zero-order chi connectivity index (χ0) is 28.7. The van der Waals surface area contributed by atoms with Crippen molar-refractivity contribution in [1.29, 1.82) is 0 Å². The number of para-hydroxylation sites is 1. The van der Waals surface area contributed by atoms with Crippen LogP contribution in [0.25, 0.3) is 10.2 Å². The fraction of sp³-hybridized carbons (Fsp3) is 0.208. The van der Waals surface area contributed by atoms with Crippen LogP contribution in [0.2, 0.25) is 0 Å². The highest BCUT2D eigenvalue weighted by molar-refractivity contribution is 7.91. The van der Waals surface area contributed by atoms with E-state index in [1.807, 2.05) is 0 Å². The van der Waals surface area contributed by atoms with E-state index in [0.717, 1.165) is 21.0 Å². The number of nitrogens with zero attached hydrogens (tertiary/aromatic N) is 4. The van der Waals surface area contributed by atoms with Crippen LogP contribution in [0.1, 0.15) is 5.56 Å². The summed E-state index contributed by atoms with van der Waals surface area (Å²) in [6.07, 6.45) is 0.353. The van der Waals surface area contributed by atoms with Crippen LogP contribution in [-0.2, 0) is 26.2 Å². The Labute approximate surface area is 231 Å². The van der Waals surface area contributed by atoms with E-state index >= 15 is 0 Å². The Kier molecular flexibility index (Phi) is 8.93. The van der Waals surface area contributed by atoms with Crippen LogP contribution in [0.15, 0.2) is 69.9 Å². The maximum absolute atomic E-state index is 12.7. The molecule has 14 nitrogen and oxygen atoms in total. The standard InChI is InChI=1S/C24H24N6O8S2/c1-37-17-8-6-16(7-9-17)15-38-23(34)28-20-10-12-30(22(33)27-20)29(14-21(31)32)13-11-25-40(35,36)24-26-18-4-2-3-5-19(18)39-24/h2-10,12,25H,11,13-15H2,1H3,(H,31,32)(H,27,28,33,34). The molecule has 0 radical (unpaired) electrons. The van der Waals surface area contributed by atoms with Crippen LogP contribution in [0.4, 0.5) is 10.6 Å². The minimum absolute atomic E-state index is 0.0355. The van der Waals surface area contributed by atoms with Crippen molar-refractivity contribution < 1.29 is 32.6 Å². The highest BCUT2D eigenvalue weighted by atomic mass is 32.2. The van der Waals surface area contributed by atoms with Gasteiger partial charge in [0.1, 0.15) is 24.7 Å². The summed E-state index contributed by atoms with van der Waals surface area (Å²) >= 11 is 0.998. The van der Waals surface area contributed by atoms with E-state index in [2.05, 4.69) is 20.0 Å². The third kappa shape index (κ3) is 7.31. The van der Waals surface area contributed by atoms with Crippen molar-refractivity contribution >= 4 is 49.5 Å². The first-order chi connectivity index (χ1) is 19.1.